The molecule has 3 rings (SSSR count). The number of nitrogens with zero attached hydrogens (tertiary/aromatic N) is 7. The van der Waals surface area contributed by atoms with E-state index in [0.29, 0.717) is 48.8 Å². The Labute approximate surface area is 220 Å². The minimum Gasteiger partial charge on any atom is -0.388 e. The second-order valence-corrected chi connectivity index (χ2v) is 9.23. The van der Waals surface area contributed by atoms with E-state index in [2.05, 4.69) is 35.6 Å². The quantitative estimate of drug-likeness (QED) is 0.285. The van der Waals surface area contributed by atoms with Crippen LogP contribution in [0.25, 0.3) is 0 Å². The lowest BCUT2D eigenvalue weighted by atomic mass is 9.98. The lowest BCUT2D eigenvalue weighted by Gasteiger charge is -2.49. The first-order valence-corrected chi connectivity index (χ1v) is 12.4. The molecule has 2 aromatic heterocycles. The van der Waals surface area contributed by atoms with Crippen LogP contribution in [-0.2, 0) is 4.79 Å². The Balaban J connectivity index is 1.98. The summed E-state index contributed by atoms with van der Waals surface area (Å²) < 4.78 is 42.3. The Hall–Kier alpha value is -3.72. The summed E-state index contributed by atoms with van der Waals surface area (Å²) >= 11 is 0. The van der Waals surface area contributed by atoms with Crippen molar-refractivity contribution in [2.75, 3.05) is 32.1 Å². The van der Waals surface area contributed by atoms with E-state index in [0.717, 1.165) is 6.42 Å². The fraction of sp³-hybridized carbons (Fsp3) is 0.500. The van der Waals surface area contributed by atoms with Gasteiger partial charge >= 0.3 is 6.36 Å². The number of nitriles is 1. The van der Waals surface area contributed by atoms with Gasteiger partial charge in [-0.3, -0.25) is 9.69 Å². The van der Waals surface area contributed by atoms with E-state index < -0.39 is 12.2 Å². The molecule has 0 N–H and O–H groups in total. The van der Waals surface area contributed by atoms with Gasteiger partial charge in [0.15, 0.2) is 5.84 Å². The first kappa shape index (κ1) is 28.8. The van der Waals surface area contributed by atoms with Crippen LogP contribution >= 0.6 is 0 Å². The van der Waals surface area contributed by atoms with E-state index in [9.17, 15) is 23.2 Å². The first-order chi connectivity index (χ1) is 18.0. The van der Waals surface area contributed by atoms with Gasteiger partial charge in [-0.15, -0.1) is 13.2 Å². The van der Waals surface area contributed by atoms with Gasteiger partial charge in [-0.2, -0.15) is 10.3 Å². The van der Waals surface area contributed by atoms with E-state index in [1.807, 2.05) is 39.8 Å². The Morgan fingerprint density at radius 3 is 2.50 bits per heavy atom. The highest BCUT2D eigenvalue weighted by molar-refractivity contribution is 6.05. The van der Waals surface area contributed by atoms with Crippen molar-refractivity contribution in [3.8, 4) is 11.9 Å². The lowest BCUT2D eigenvalue weighted by molar-refractivity contribution is -0.276. The zero-order chi connectivity index (χ0) is 28.0. The minimum atomic E-state index is -4.82. The largest absolute Gasteiger partial charge is 0.574 e. The van der Waals surface area contributed by atoms with Gasteiger partial charge in [0.05, 0.1) is 11.4 Å². The summed E-state index contributed by atoms with van der Waals surface area (Å²) in [5, 5.41) is 9.44. The van der Waals surface area contributed by atoms with Crippen LogP contribution in [0.4, 0.5) is 18.9 Å². The number of aromatic nitrogens is 2. The van der Waals surface area contributed by atoms with Crippen LogP contribution in [0.2, 0.25) is 0 Å². The van der Waals surface area contributed by atoms with Crippen LogP contribution < -0.4 is 9.64 Å². The molecule has 0 aromatic carbocycles. The van der Waals surface area contributed by atoms with E-state index >= 15 is 0 Å². The number of carbonyl (C=O) groups excluding carboxylic acids is 1. The molecule has 1 aliphatic heterocycles. The number of alkyl halides is 3. The number of hydrogen-bond acceptors (Lipinski definition) is 7. The van der Waals surface area contributed by atoms with Gasteiger partial charge in [0.25, 0.3) is 0 Å². The summed E-state index contributed by atoms with van der Waals surface area (Å²) in [6, 6.07) is 9.41. The van der Waals surface area contributed by atoms with Crippen molar-refractivity contribution >= 4 is 17.9 Å². The predicted molar refractivity (Wildman–Crippen MR) is 137 cm³/mol. The van der Waals surface area contributed by atoms with Gasteiger partial charge in [0.1, 0.15) is 17.5 Å². The van der Waals surface area contributed by atoms with Crippen LogP contribution in [0.15, 0.2) is 35.3 Å². The standard InChI is InChI=1S/C26H32F3N7O2/c1-6-19-15-36(25(31-16-37)24-22(34(4)5)12-11-18(13-30)32-24)20(7-2)14-35(19)17(3)21-9-8-10-23(33-21)38-26(27,28)29/h8-12,16-17,19-20H,6-7,14-15H2,1-5H3/t17?,19-,20+/m1/s1. The van der Waals surface area contributed by atoms with Crippen LogP contribution in [0.3, 0.4) is 0 Å². The summed E-state index contributed by atoms with van der Waals surface area (Å²) in [4.78, 5) is 30.6. The number of anilines is 1. The van der Waals surface area contributed by atoms with Gasteiger partial charge < -0.3 is 14.5 Å². The zero-order valence-corrected chi connectivity index (χ0v) is 22.1. The third-order valence-electron chi connectivity index (χ3n) is 6.70. The van der Waals surface area contributed by atoms with Gasteiger partial charge in [0.2, 0.25) is 12.3 Å². The number of rotatable bonds is 8. The molecule has 3 heterocycles. The van der Waals surface area contributed by atoms with E-state index in [1.54, 1.807) is 18.2 Å². The Morgan fingerprint density at radius 2 is 1.92 bits per heavy atom. The summed E-state index contributed by atoms with van der Waals surface area (Å²) in [5.41, 5.74) is 1.83. The predicted octanol–water partition coefficient (Wildman–Crippen LogP) is 4.15. The Morgan fingerprint density at radius 1 is 1.21 bits per heavy atom. The number of ether oxygens (including phenoxy) is 1. The normalized spacial score (nSPS) is 19.6. The molecule has 9 nitrogen and oxygen atoms in total. The van der Waals surface area contributed by atoms with Crippen LogP contribution in [0.1, 0.15) is 56.7 Å². The van der Waals surface area contributed by atoms with Crippen LogP contribution in [0, 0.1) is 11.3 Å². The second-order valence-electron chi connectivity index (χ2n) is 9.23. The highest BCUT2D eigenvalue weighted by Crippen LogP contribution is 2.32. The third kappa shape index (κ3) is 6.58. The fourth-order valence-corrected chi connectivity index (χ4v) is 4.79. The summed E-state index contributed by atoms with van der Waals surface area (Å²) in [5.74, 6) is -0.113. The zero-order valence-electron chi connectivity index (χ0n) is 22.1. The number of halogens is 3. The van der Waals surface area contributed by atoms with Gasteiger partial charge in [-0.25, -0.2) is 9.97 Å². The smallest absolute Gasteiger partial charge is 0.388 e. The SMILES string of the molecule is CC[C@H]1CN(C(C)c2cccc(OC(F)(F)F)n2)[C@H](CC)CN1C(=NC=O)c1nc(C#N)ccc1N(C)C. The molecule has 204 valence electrons. The molecule has 0 saturated carbocycles. The van der Waals surface area contributed by atoms with Crippen molar-refractivity contribution in [2.45, 2.75) is 58.1 Å². The monoisotopic (exact) mass is 531 g/mol. The van der Waals surface area contributed by atoms with Crippen molar-refractivity contribution in [3.05, 3.63) is 47.4 Å². The maximum absolute atomic E-state index is 12.7. The van der Waals surface area contributed by atoms with Crippen molar-refractivity contribution in [1.29, 1.82) is 5.26 Å². The minimum absolute atomic E-state index is 0.0272. The first-order valence-electron chi connectivity index (χ1n) is 12.4. The maximum Gasteiger partial charge on any atom is 0.574 e. The molecule has 1 amide bonds. The molecule has 1 saturated heterocycles. The van der Waals surface area contributed by atoms with E-state index in [1.165, 1.54) is 12.1 Å². The molecule has 0 bridgehead atoms. The molecule has 1 unspecified atom stereocenters. The van der Waals surface area contributed by atoms with Crippen molar-refractivity contribution in [1.82, 2.24) is 19.8 Å². The number of carbonyl (C=O) groups is 1. The molecule has 1 fully saturated rings. The molecule has 1 aliphatic rings. The number of amides is 1. The maximum atomic E-state index is 12.7. The average Bonchev–Trinajstić information content (AvgIpc) is 2.89. The fourth-order valence-electron chi connectivity index (χ4n) is 4.79. The molecular weight excluding hydrogens is 499 g/mol. The second kappa shape index (κ2) is 12.2. The lowest BCUT2D eigenvalue weighted by Crippen LogP contribution is -2.60. The molecule has 0 aliphatic carbocycles. The highest BCUT2D eigenvalue weighted by atomic mass is 19.4. The molecular formula is C26H32F3N7O2. The third-order valence-corrected chi connectivity index (χ3v) is 6.70. The number of aliphatic imine (C=N–C) groups is 1. The van der Waals surface area contributed by atoms with E-state index in [4.69, 9.17) is 0 Å². The van der Waals surface area contributed by atoms with Crippen LogP contribution in [0.5, 0.6) is 5.88 Å². The number of amidine groups is 1. The molecule has 3 atom stereocenters. The summed E-state index contributed by atoms with van der Waals surface area (Å²) in [6.07, 6.45) is -2.90. The summed E-state index contributed by atoms with van der Waals surface area (Å²) in [7, 11) is 3.70. The van der Waals surface area contributed by atoms with Crippen molar-refractivity contribution < 1.29 is 22.7 Å². The number of pyridine rings is 2. The van der Waals surface area contributed by atoms with Gasteiger partial charge in [-0.05, 0) is 38.0 Å². The molecule has 0 spiro atoms. The molecule has 38 heavy (non-hydrogen) atoms. The number of hydrogen-bond donors (Lipinski definition) is 0. The van der Waals surface area contributed by atoms with E-state index in [-0.39, 0.29) is 23.8 Å². The Kier molecular flexibility index (Phi) is 9.27. The highest BCUT2D eigenvalue weighted by Gasteiger charge is 2.38. The van der Waals surface area contributed by atoms with Gasteiger partial charge in [-0.1, -0.05) is 19.9 Å². The topological polar surface area (TPSA) is 98.0 Å². The molecule has 2 aromatic rings. The van der Waals surface area contributed by atoms with Crippen molar-refractivity contribution in [3.63, 3.8) is 0 Å². The Bertz CT molecular complexity index is 1200. The number of piperazine rings is 1. The van der Waals surface area contributed by atoms with Gasteiger partial charge in [0, 0.05) is 51.4 Å². The molecule has 12 heteroatoms. The summed E-state index contributed by atoms with van der Waals surface area (Å²) in [6.45, 7) is 7.01. The average molecular weight is 532 g/mol. The van der Waals surface area contributed by atoms with Crippen LogP contribution in [-0.4, -0.2) is 77.6 Å². The molecule has 0 radical (unpaired) electrons. The van der Waals surface area contributed by atoms with Crippen molar-refractivity contribution in [2.24, 2.45) is 4.99 Å².